The lowest BCUT2D eigenvalue weighted by molar-refractivity contribution is 0.269. The lowest BCUT2D eigenvalue weighted by Crippen LogP contribution is -1.99. The van der Waals surface area contributed by atoms with Crippen LogP contribution in [-0.4, -0.2) is 10.3 Å². The lowest BCUT2D eigenvalue weighted by atomic mass is 10.1. The number of hydrogen-bond acceptors (Lipinski definition) is 4. The van der Waals surface area contributed by atoms with Gasteiger partial charge < -0.3 is 4.74 Å². The van der Waals surface area contributed by atoms with E-state index >= 15 is 0 Å². The first-order chi connectivity index (χ1) is 7.66. The van der Waals surface area contributed by atoms with Crippen LogP contribution in [0, 0.1) is 20.8 Å². The number of nitrogens with zero attached hydrogens (tertiary/aromatic N) is 2. The van der Waals surface area contributed by atoms with Crippen LogP contribution < -0.4 is 4.74 Å². The summed E-state index contributed by atoms with van der Waals surface area (Å²) < 4.78 is 10.3. The lowest BCUT2D eigenvalue weighted by Gasteiger charge is -2.08. The van der Waals surface area contributed by atoms with Gasteiger partial charge >= 0.3 is 0 Å². The average molecular weight is 218 g/mol. The van der Waals surface area contributed by atoms with Crippen molar-refractivity contribution in [1.82, 2.24) is 10.3 Å². The highest BCUT2D eigenvalue weighted by molar-refractivity contribution is 5.36. The van der Waals surface area contributed by atoms with Gasteiger partial charge in [0.2, 0.25) is 0 Å². The minimum absolute atomic E-state index is 0.389. The molecule has 2 rings (SSSR count). The van der Waals surface area contributed by atoms with Gasteiger partial charge in [-0.1, -0.05) is 22.4 Å². The highest BCUT2D eigenvalue weighted by Gasteiger charge is 2.07. The van der Waals surface area contributed by atoms with Crippen LogP contribution in [0.15, 0.2) is 22.8 Å². The van der Waals surface area contributed by atoms with E-state index in [4.69, 9.17) is 4.74 Å². The van der Waals surface area contributed by atoms with Gasteiger partial charge in [0.25, 0.3) is 0 Å². The van der Waals surface area contributed by atoms with Crippen LogP contribution >= 0.6 is 0 Å². The zero-order valence-electron chi connectivity index (χ0n) is 9.65. The van der Waals surface area contributed by atoms with Crippen LogP contribution in [0.5, 0.6) is 5.75 Å². The van der Waals surface area contributed by atoms with Crippen LogP contribution in [0.3, 0.4) is 0 Å². The van der Waals surface area contributed by atoms with E-state index in [0.29, 0.717) is 6.61 Å². The monoisotopic (exact) mass is 218 g/mol. The molecule has 84 valence electrons. The standard InChI is InChI=1S/C12H14N2O2/c1-8-4-5-9(2)12(6-8)15-7-11-10(3)13-16-14-11/h4-6H,7H2,1-3H3. The summed E-state index contributed by atoms with van der Waals surface area (Å²) in [5.41, 5.74) is 3.79. The van der Waals surface area contributed by atoms with Gasteiger partial charge in [-0.25, -0.2) is 4.63 Å². The highest BCUT2D eigenvalue weighted by Crippen LogP contribution is 2.20. The van der Waals surface area contributed by atoms with Crippen molar-refractivity contribution in [2.45, 2.75) is 27.4 Å². The molecule has 0 aliphatic heterocycles. The Hall–Kier alpha value is -1.84. The maximum Gasteiger partial charge on any atom is 0.145 e. The van der Waals surface area contributed by atoms with E-state index in [9.17, 15) is 0 Å². The molecule has 0 spiro atoms. The fraction of sp³-hybridized carbons (Fsp3) is 0.333. The molecule has 4 nitrogen and oxygen atoms in total. The van der Waals surface area contributed by atoms with Gasteiger partial charge in [0.15, 0.2) is 0 Å². The van der Waals surface area contributed by atoms with Gasteiger partial charge in [0.1, 0.15) is 23.7 Å². The number of ether oxygens (including phenoxy) is 1. The molecule has 2 aromatic rings. The summed E-state index contributed by atoms with van der Waals surface area (Å²) in [6.07, 6.45) is 0. The van der Waals surface area contributed by atoms with E-state index in [0.717, 1.165) is 22.7 Å². The second kappa shape index (κ2) is 4.35. The maximum absolute atomic E-state index is 5.68. The predicted octanol–water partition coefficient (Wildman–Crippen LogP) is 2.57. The zero-order valence-corrected chi connectivity index (χ0v) is 9.65. The summed E-state index contributed by atoms with van der Waals surface area (Å²) >= 11 is 0. The molecule has 4 heteroatoms. The second-order valence-electron chi connectivity index (χ2n) is 3.85. The third kappa shape index (κ3) is 2.21. The summed E-state index contributed by atoms with van der Waals surface area (Å²) in [6.45, 7) is 6.29. The van der Waals surface area contributed by atoms with Crippen LogP contribution in [0.2, 0.25) is 0 Å². The van der Waals surface area contributed by atoms with Gasteiger partial charge in [-0.2, -0.15) is 0 Å². The van der Waals surface area contributed by atoms with Crippen molar-refractivity contribution in [3.8, 4) is 5.75 Å². The van der Waals surface area contributed by atoms with Gasteiger partial charge in [-0.15, -0.1) is 0 Å². The van der Waals surface area contributed by atoms with Crippen LogP contribution in [0.4, 0.5) is 0 Å². The molecular formula is C12H14N2O2. The Morgan fingerprint density at radius 3 is 2.69 bits per heavy atom. The van der Waals surface area contributed by atoms with E-state index in [1.807, 2.05) is 32.9 Å². The Bertz CT molecular complexity index is 492. The largest absolute Gasteiger partial charge is 0.487 e. The summed E-state index contributed by atoms with van der Waals surface area (Å²) in [5.74, 6) is 0.877. The SMILES string of the molecule is Cc1ccc(C)c(OCc2nonc2C)c1. The van der Waals surface area contributed by atoms with Crippen molar-refractivity contribution < 1.29 is 9.37 Å². The quantitative estimate of drug-likeness (QED) is 0.794. The average Bonchev–Trinajstić information content (AvgIpc) is 2.66. The molecule has 0 aliphatic rings. The molecule has 0 radical (unpaired) electrons. The summed E-state index contributed by atoms with van der Waals surface area (Å²) in [6, 6.07) is 6.11. The van der Waals surface area contributed by atoms with E-state index in [1.165, 1.54) is 5.56 Å². The molecule has 0 aliphatic carbocycles. The van der Waals surface area contributed by atoms with Crippen LogP contribution in [0.25, 0.3) is 0 Å². The van der Waals surface area contributed by atoms with Crippen molar-refractivity contribution >= 4 is 0 Å². The number of hydrogen-bond donors (Lipinski definition) is 0. The number of rotatable bonds is 3. The molecule has 0 atom stereocenters. The molecule has 1 aromatic heterocycles. The van der Waals surface area contributed by atoms with E-state index in [1.54, 1.807) is 0 Å². The highest BCUT2D eigenvalue weighted by atomic mass is 16.6. The summed E-state index contributed by atoms with van der Waals surface area (Å²) in [4.78, 5) is 0. The first kappa shape index (κ1) is 10.7. The van der Waals surface area contributed by atoms with Crippen molar-refractivity contribution in [1.29, 1.82) is 0 Å². The molecule has 0 fully saturated rings. The Kier molecular flexibility index (Phi) is 2.90. The molecular weight excluding hydrogens is 204 g/mol. The van der Waals surface area contributed by atoms with Crippen molar-refractivity contribution in [3.05, 3.63) is 40.7 Å². The zero-order chi connectivity index (χ0) is 11.5. The second-order valence-corrected chi connectivity index (χ2v) is 3.85. The fourth-order valence-electron chi connectivity index (χ4n) is 1.39. The van der Waals surface area contributed by atoms with Gasteiger partial charge in [-0.3, -0.25) is 0 Å². The molecule has 0 saturated carbocycles. The molecule has 16 heavy (non-hydrogen) atoms. The molecule has 1 aromatic carbocycles. The summed E-state index contributed by atoms with van der Waals surface area (Å²) in [5, 5.41) is 7.47. The van der Waals surface area contributed by atoms with Gasteiger partial charge in [0, 0.05) is 0 Å². The predicted molar refractivity (Wildman–Crippen MR) is 59.3 cm³/mol. The van der Waals surface area contributed by atoms with E-state index in [2.05, 4.69) is 21.0 Å². The number of benzene rings is 1. The number of aryl methyl sites for hydroxylation is 3. The fourth-order valence-corrected chi connectivity index (χ4v) is 1.39. The minimum Gasteiger partial charge on any atom is -0.487 e. The Morgan fingerprint density at radius 1 is 1.19 bits per heavy atom. The Morgan fingerprint density at radius 2 is 2.00 bits per heavy atom. The molecule has 0 saturated heterocycles. The van der Waals surface area contributed by atoms with E-state index in [-0.39, 0.29) is 0 Å². The van der Waals surface area contributed by atoms with Crippen LogP contribution in [0.1, 0.15) is 22.5 Å². The maximum atomic E-state index is 5.68. The van der Waals surface area contributed by atoms with Gasteiger partial charge in [0.05, 0.1) is 0 Å². The third-order valence-corrected chi connectivity index (χ3v) is 2.45. The number of aromatic nitrogens is 2. The molecule has 0 unspecified atom stereocenters. The topological polar surface area (TPSA) is 48.2 Å². The molecule has 1 heterocycles. The molecule has 0 N–H and O–H groups in total. The van der Waals surface area contributed by atoms with Crippen molar-refractivity contribution in [2.24, 2.45) is 0 Å². The minimum atomic E-state index is 0.389. The van der Waals surface area contributed by atoms with Crippen LogP contribution in [-0.2, 0) is 6.61 Å². The van der Waals surface area contributed by atoms with Crippen molar-refractivity contribution in [3.63, 3.8) is 0 Å². The molecule has 0 bridgehead atoms. The normalized spacial score (nSPS) is 10.4. The smallest absolute Gasteiger partial charge is 0.145 e. The molecule has 0 amide bonds. The summed E-state index contributed by atoms with van der Waals surface area (Å²) in [7, 11) is 0. The van der Waals surface area contributed by atoms with Gasteiger partial charge in [-0.05, 0) is 38.0 Å². The van der Waals surface area contributed by atoms with Crippen molar-refractivity contribution in [2.75, 3.05) is 0 Å². The third-order valence-electron chi connectivity index (χ3n) is 2.45. The Balaban J connectivity index is 2.10. The first-order valence-corrected chi connectivity index (χ1v) is 5.15. The van der Waals surface area contributed by atoms with E-state index < -0.39 is 0 Å². The Labute approximate surface area is 94.2 Å². The first-order valence-electron chi connectivity index (χ1n) is 5.15.